The fraction of sp³-hybridized carbons (Fsp3) is 0.429. The number of amides is 1. The molecule has 1 amide bonds. The number of alkyl halides is 2. The van der Waals surface area contributed by atoms with Crippen LogP contribution in [0.3, 0.4) is 0 Å². The topological polar surface area (TPSA) is 46.6 Å². The van der Waals surface area contributed by atoms with Crippen molar-refractivity contribution in [1.29, 1.82) is 0 Å². The second kappa shape index (κ2) is 14.7. The van der Waals surface area contributed by atoms with Crippen molar-refractivity contribution in [3.8, 4) is 0 Å². The molecule has 1 aromatic rings. The number of ether oxygens (including phenoxy) is 1. The molecule has 0 spiro atoms. The Morgan fingerprint density at radius 3 is 2.61 bits per heavy atom. The summed E-state index contributed by atoms with van der Waals surface area (Å²) in [7, 11) is 0. The molecule has 2 rings (SSSR count). The zero-order valence-corrected chi connectivity index (χ0v) is 17.7. The lowest BCUT2D eigenvalue weighted by Gasteiger charge is -2.15. The Morgan fingerprint density at radius 2 is 2.07 bits per heavy atom. The highest BCUT2D eigenvalue weighted by Gasteiger charge is 2.24. The lowest BCUT2D eigenvalue weighted by Crippen LogP contribution is -2.26. The van der Waals surface area contributed by atoms with Crippen molar-refractivity contribution in [1.82, 2.24) is 4.90 Å². The second-order valence-electron chi connectivity index (χ2n) is 5.30. The Morgan fingerprint density at radius 1 is 1.43 bits per heavy atom. The molecular formula is C21H29F2NO3S. The predicted octanol–water partition coefficient (Wildman–Crippen LogP) is 5.12. The maximum Gasteiger partial charge on any atom is 0.341 e. The third-order valence-corrected chi connectivity index (χ3v) is 4.28. The standard InChI is InChI=1S/C16H18FNO3S.C3H5F.C2H6/c1-3-21-16(20)13-10-18(14(19)5-4-11(2)17)8-6-12-7-9-22-15(12)13;1-2-3-4;1-2/h4-5,7,9-11H,3,6,8H2,1-2H3;2H,1,3H2;1-2H3/b5-4+;;. The minimum Gasteiger partial charge on any atom is -0.462 e. The summed E-state index contributed by atoms with van der Waals surface area (Å²) < 4.78 is 28.5. The third kappa shape index (κ3) is 8.61. The molecule has 1 aromatic heterocycles. The minimum atomic E-state index is -1.19. The molecule has 1 aliphatic rings. The molecule has 0 bridgehead atoms. The molecule has 0 saturated heterocycles. The van der Waals surface area contributed by atoms with Crippen LogP contribution in [0.4, 0.5) is 8.78 Å². The van der Waals surface area contributed by atoms with Crippen LogP contribution in [0.2, 0.25) is 0 Å². The van der Waals surface area contributed by atoms with Gasteiger partial charge in [0.05, 0.1) is 12.2 Å². The predicted molar refractivity (Wildman–Crippen MR) is 112 cm³/mol. The Labute approximate surface area is 170 Å². The Balaban J connectivity index is 0.00000108. The highest BCUT2D eigenvalue weighted by molar-refractivity contribution is 7.11. The molecule has 0 N–H and O–H groups in total. The Bertz CT molecular complexity index is 681. The van der Waals surface area contributed by atoms with Gasteiger partial charge in [-0.2, -0.15) is 0 Å². The molecule has 1 aliphatic heterocycles. The van der Waals surface area contributed by atoms with Crippen molar-refractivity contribution in [2.75, 3.05) is 19.8 Å². The van der Waals surface area contributed by atoms with Crippen LogP contribution in [0.1, 0.15) is 38.1 Å². The molecule has 1 unspecified atom stereocenters. The summed E-state index contributed by atoms with van der Waals surface area (Å²) in [5, 5.41) is 1.92. The van der Waals surface area contributed by atoms with Crippen LogP contribution in [0, 0.1) is 0 Å². The largest absolute Gasteiger partial charge is 0.462 e. The van der Waals surface area contributed by atoms with Crippen LogP contribution in [0.25, 0.3) is 5.57 Å². The van der Waals surface area contributed by atoms with Gasteiger partial charge in [0.15, 0.2) is 0 Å². The molecule has 0 aliphatic carbocycles. The first-order chi connectivity index (χ1) is 13.4. The minimum absolute atomic E-state index is 0.268. The van der Waals surface area contributed by atoms with E-state index in [-0.39, 0.29) is 12.5 Å². The van der Waals surface area contributed by atoms with E-state index in [9.17, 15) is 18.4 Å². The third-order valence-electron chi connectivity index (χ3n) is 3.29. The Kier molecular flexibility index (Phi) is 13.5. The molecule has 156 valence electrons. The van der Waals surface area contributed by atoms with Gasteiger partial charge in [-0.3, -0.25) is 4.79 Å². The number of carbonyl (C=O) groups is 2. The van der Waals surface area contributed by atoms with Gasteiger partial charge in [-0.25, -0.2) is 13.6 Å². The summed E-state index contributed by atoms with van der Waals surface area (Å²) in [6.45, 7) is 10.5. The highest BCUT2D eigenvalue weighted by atomic mass is 32.1. The normalized spacial score (nSPS) is 13.6. The number of nitrogens with zero attached hydrogens (tertiary/aromatic N) is 1. The number of carbonyl (C=O) groups excluding carboxylic acids is 2. The zero-order chi connectivity index (χ0) is 21.5. The van der Waals surface area contributed by atoms with Crippen LogP contribution in [0.5, 0.6) is 0 Å². The molecule has 4 nitrogen and oxygen atoms in total. The summed E-state index contributed by atoms with van der Waals surface area (Å²) in [6.07, 6.45) is 4.56. The number of halogens is 2. The van der Waals surface area contributed by atoms with Crippen molar-refractivity contribution in [3.05, 3.63) is 52.9 Å². The lowest BCUT2D eigenvalue weighted by atomic mass is 10.1. The van der Waals surface area contributed by atoms with Gasteiger partial charge in [0, 0.05) is 23.7 Å². The van der Waals surface area contributed by atoms with Crippen LogP contribution in [0.15, 0.2) is 42.5 Å². The summed E-state index contributed by atoms with van der Waals surface area (Å²) in [5.74, 6) is -0.796. The zero-order valence-electron chi connectivity index (χ0n) is 16.9. The average Bonchev–Trinajstić information content (AvgIpc) is 3.08. The molecular weight excluding hydrogens is 384 g/mol. The molecule has 0 radical (unpaired) electrons. The van der Waals surface area contributed by atoms with Crippen LogP contribution in [-0.2, 0) is 20.7 Å². The second-order valence-corrected chi connectivity index (χ2v) is 6.22. The summed E-state index contributed by atoms with van der Waals surface area (Å²) in [5.41, 5.74) is 1.39. The summed E-state index contributed by atoms with van der Waals surface area (Å²) in [4.78, 5) is 26.5. The molecule has 0 aromatic carbocycles. The fourth-order valence-electron chi connectivity index (χ4n) is 2.13. The monoisotopic (exact) mass is 413 g/mol. The molecule has 0 fully saturated rings. The molecule has 1 atom stereocenters. The maximum atomic E-state index is 12.8. The smallest absolute Gasteiger partial charge is 0.341 e. The lowest BCUT2D eigenvalue weighted by molar-refractivity contribution is -0.136. The van der Waals surface area contributed by atoms with E-state index in [0.29, 0.717) is 18.5 Å². The van der Waals surface area contributed by atoms with E-state index in [1.165, 1.54) is 47.6 Å². The number of fused-ring (bicyclic) bond motifs is 1. The van der Waals surface area contributed by atoms with E-state index in [1.807, 2.05) is 25.3 Å². The van der Waals surface area contributed by atoms with E-state index in [4.69, 9.17) is 4.74 Å². The Hall–Kier alpha value is -2.28. The van der Waals surface area contributed by atoms with Crippen molar-refractivity contribution < 1.29 is 23.1 Å². The van der Waals surface area contributed by atoms with Crippen molar-refractivity contribution >= 4 is 28.8 Å². The first kappa shape index (κ1) is 25.7. The van der Waals surface area contributed by atoms with Crippen LogP contribution >= 0.6 is 11.3 Å². The quantitative estimate of drug-likeness (QED) is 0.382. The van der Waals surface area contributed by atoms with E-state index < -0.39 is 18.8 Å². The van der Waals surface area contributed by atoms with E-state index in [1.54, 1.807) is 6.92 Å². The fourth-order valence-corrected chi connectivity index (χ4v) is 3.08. The van der Waals surface area contributed by atoms with Gasteiger partial charge in [-0.05, 0) is 43.4 Å². The van der Waals surface area contributed by atoms with Gasteiger partial charge < -0.3 is 9.64 Å². The number of allylic oxidation sites excluding steroid dienone is 2. The first-order valence-electron chi connectivity index (χ1n) is 9.19. The molecule has 7 heteroatoms. The van der Waals surface area contributed by atoms with Gasteiger partial charge in [0.25, 0.3) is 0 Å². The van der Waals surface area contributed by atoms with Crippen molar-refractivity contribution in [3.63, 3.8) is 0 Å². The van der Waals surface area contributed by atoms with Crippen LogP contribution in [-0.4, -0.2) is 42.8 Å². The number of rotatable bonds is 5. The van der Waals surface area contributed by atoms with Crippen molar-refractivity contribution in [2.45, 2.75) is 40.3 Å². The van der Waals surface area contributed by atoms with Gasteiger partial charge in [0.1, 0.15) is 12.8 Å². The van der Waals surface area contributed by atoms with Gasteiger partial charge in [-0.1, -0.05) is 19.9 Å². The number of hydrogen-bond acceptors (Lipinski definition) is 4. The number of thiophene rings is 1. The van der Waals surface area contributed by atoms with Gasteiger partial charge in [-0.15, -0.1) is 17.9 Å². The maximum absolute atomic E-state index is 12.8. The summed E-state index contributed by atoms with van der Waals surface area (Å²) >= 11 is 1.45. The molecule has 28 heavy (non-hydrogen) atoms. The summed E-state index contributed by atoms with van der Waals surface area (Å²) in [6, 6.07) is 1.94. The van der Waals surface area contributed by atoms with E-state index in [2.05, 4.69) is 6.58 Å². The van der Waals surface area contributed by atoms with E-state index in [0.717, 1.165) is 10.4 Å². The highest BCUT2D eigenvalue weighted by Crippen LogP contribution is 2.30. The van der Waals surface area contributed by atoms with Crippen molar-refractivity contribution in [2.24, 2.45) is 0 Å². The molecule has 2 heterocycles. The number of esters is 1. The van der Waals surface area contributed by atoms with E-state index >= 15 is 0 Å². The van der Waals surface area contributed by atoms with Gasteiger partial charge >= 0.3 is 5.97 Å². The SMILES string of the molecule is C=CCF.CC.CCOC(=O)C1=CN(C(=O)/C=C/C(C)F)CCc2ccsc21. The first-order valence-corrected chi connectivity index (χ1v) is 10.1. The average molecular weight is 414 g/mol. The van der Waals surface area contributed by atoms with Crippen LogP contribution < -0.4 is 0 Å². The molecule has 0 saturated carbocycles. The number of hydrogen-bond donors (Lipinski definition) is 0. The van der Waals surface area contributed by atoms with Gasteiger partial charge in [0.2, 0.25) is 5.91 Å².